The van der Waals surface area contributed by atoms with E-state index in [4.69, 9.17) is 5.11 Å². The first-order chi connectivity index (χ1) is 8.52. The van der Waals surface area contributed by atoms with Gasteiger partial charge in [-0.1, -0.05) is 12.1 Å². The Bertz CT molecular complexity index is 796. The Labute approximate surface area is 102 Å². The van der Waals surface area contributed by atoms with E-state index in [1.807, 2.05) is 17.7 Å². The van der Waals surface area contributed by atoms with Gasteiger partial charge in [0.2, 0.25) is 0 Å². The molecule has 0 saturated carbocycles. The molecule has 2 aromatic heterocycles. The molecule has 3 rings (SSSR count). The SMILES string of the molecule is Cn1c(C(=O)O)cc2c3cccc(O)c3n(C)c21. The van der Waals surface area contributed by atoms with Gasteiger partial charge in [0.15, 0.2) is 0 Å². The summed E-state index contributed by atoms with van der Waals surface area (Å²) >= 11 is 0. The molecule has 0 radical (unpaired) electrons. The smallest absolute Gasteiger partial charge is 0.352 e. The number of hydrogen-bond donors (Lipinski definition) is 2. The Morgan fingerprint density at radius 2 is 1.89 bits per heavy atom. The van der Waals surface area contributed by atoms with Crippen LogP contribution in [0.5, 0.6) is 5.75 Å². The number of para-hydroxylation sites is 1. The quantitative estimate of drug-likeness (QED) is 0.688. The highest BCUT2D eigenvalue weighted by Crippen LogP contribution is 2.34. The predicted molar refractivity (Wildman–Crippen MR) is 68.0 cm³/mol. The molecule has 0 amide bonds. The van der Waals surface area contributed by atoms with Crippen LogP contribution in [-0.4, -0.2) is 25.3 Å². The number of carbonyl (C=O) groups is 1. The van der Waals surface area contributed by atoms with Gasteiger partial charge in [-0.3, -0.25) is 0 Å². The van der Waals surface area contributed by atoms with Gasteiger partial charge in [0.25, 0.3) is 0 Å². The lowest BCUT2D eigenvalue weighted by Crippen LogP contribution is -2.05. The number of benzene rings is 1. The van der Waals surface area contributed by atoms with Gasteiger partial charge >= 0.3 is 5.97 Å². The molecule has 5 nitrogen and oxygen atoms in total. The average Bonchev–Trinajstić information content (AvgIpc) is 2.78. The maximum absolute atomic E-state index is 11.1. The number of aromatic nitrogens is 2. The van der Waals surface area contributed by atoms with E-state index in [1.165, 1.54) is 0 Å². The first kappa shape index (κ1) is 10.7. The Hall–Kier alpha value is -2.43. The van der Waals surface area contributed by atoms with Gasteiger partial charge < -0.3 is 19.3 Å². The van der Waals surface area contributed by atoms with Crippen molar-refractivity contribution < 1.29 is 15.0 Å². The Kier molecular flexibility index (Phi) is 1.96. The van der Waals surface area contributed by atoms with Gasteiger partial charge in [-0.05, 0) is 12.1 Å². The van der Waals surface area contributed by atoms with Gasteiger partial charge in [-0.15, -0.1) is 0 Å². The zero-order valence-corrected chi connectivity index (χ0v) is 10.0. The standard InChI is InChI=1S/C13H12N2O3/c1-14-9(13(17)18)6-8-7-4-3-5-10(16)11(7)15(2)12(8)14/h3-6,16H,1-2H3,(H,17,18). The summed E-state index contributed by atoms with van der Waals surface area (Å²) in [6.07, 6.45) is 0. The summed E-state index contributed by atoms with van der Waals surface area (Å²) in [5.74, 6) is -0.759. The van der Waals surface area contributed by atoms with Crippen LogP contribution in [-0.2, 0) is 14.1 Å². The monoisotopic (exact) mass is 244 g/mol. The number of carboxylic acid groups (broad SMARTS) is 1. The second kappa shape index (κ2) is 3.29. The molecular formula is C13H12N2O3. The van der Waals surface area contributed by atoms with Gasteiger partial charge in [0.1, 0.15) is 17.1 Å². The zero-order valence-electron chi connectivity index (χ0n) is 10.0. The Morgan fingerprint density at radius 1 is 1.17 bits per heavy atom. The van der Waals surface area contributed by atoms with Crippen molar-refractivity contribution in [3.8, 4) is 5.75 Å². The van der Waals surface area contributed by atoms with Crippen LogP contribution in [0.4, 0.5) is 0 Å². The van der Waals surface area contributed by atoms with Crippen molar-refractivity contribution in [1.82, 2.24) is 9.13 Å². The highest BCUT2D eigenvalue weighted by atomic mass is 16.4. The fourth-order valence-corrected chi connectivity index (χ4v) is 2.61. The first-order valence-electron chi connectivity index (χ1n) is 5.51. The third-order valence-electron chi connectivity index (χ3n) is 3.38. The second-order valence-electron chi connectivity index (χ2n) is 4.36. The molecule has 0 aliphatic carbocycles. The fourth-order valence-electron chi connectivity index (χ4n) is 2.61. The molecule has 5 heteroatoms. The molecular weight excluding hydrogens is 232 g/mol. The molecule has 0 atom stereocenters. The van der Waals surface area contributed by atoms with Crippen molar-refractivity contribution >= 4 is 27.9 Å². The molecule has 92 valence electrons. The van der Waals surface area contributed by atoms with E-state index in [2.05, 4.69) is 0 Å². The van der Waals surface area contributed by atoms with Crippen LogP contribution >= 0.6 is 0 Å². The summed E-state index contributed by atoms with van der Waals surface area (Å²) in [6, 6.07) is 6.90. The van der Waals surface area contributed by atoms with E-state index in [1.54, 1.807) is 29.8 Å². The molecule has 2 heterocycles. The minimum atomic E-state index is -0.956. The van der Waals surface area contributed by atoms with Crippen LogP contribution in [0.3, 0.4) is 0 Å². The number of aryl methyl sites for hydroxylation is 2. The number of aromatic hydroxyl groups is 1. The van der Waals surface area contributed by atoms with Gasteiger partial charge in [0, 0.05) is 24.9 Å². The van der Waals surface area contributed by atoms with E-state index in [0.717, 1.165) is 21.9 Å². The molecule has 0 fully saturated rings. The lowest BCUT2D eigenvalue weighted by molar-refractivity contribution is 0.0687. The molecule has 18 heavy (non-hydrogen) atoms. The fraction of sp³-hybridized carbons (Fsp3) is 0.154. The van der Waals surface area contributed by atoms with E-state index in [-0.39, 0.29) is 11.4 Å². The molecule has 2 N–H and O–H groups in total. The minimum Gasteiger partial charge on any atom is -0.506 e. The number of rotatable bonds is 1. The topological polar surface area (TPSA) is 67.4 Å². The molecule has 1 aromatic carbocycles. The number of phenolic OH excluding ortho intramolecular Hbond substituents is 1. The number of carboxylic acids is 1. The third-order valence-corrected chi connectivity index (χ3v) is 3.38. The zero-order chi connectivity index (χ0) is 13.0. The summed E-state index contributed by atoms with van der Waals surface area (Å²) in [4.78, 5) is 11.1. The third kappa shape index (κ3) is 1.13. The van der Waals surface area contributed by atoms with Crippen LogP contribution in [0.25, 0.3) is 21.9 Å². The van der Waals surface area contributed by atoms with Crippen LogP contribution in [0.15, 0.2) is 24.3 Å². The maximum atomic E-state index is 11.1. The van der Waals surface area contributed by atoms with Gasteiger partial charge in [0.05, 0.1) is 5.52 Å². The van der Waals surface area contributed by atoms with Crippen molar-refractivity contribution in [2.24, 2.45) is 14.1 Å². The van der Waals surface area contributed by atoms with Gasteiger partial charge in [-0.2, -0.15) is 0 Å². The van der Waals surface area contributed by atoms with Crippen molar-refractivity contribution in [2.45, 2.75) is 0 Å². The maximum Gasteiger partial charge on any atom is 0.352 e. The number of aromatic carboxylic acids is 1. The van der Waals surface area contributed by atoms with Crippen molar-refractivity contribution in [1.29, 1.82) is 0 Å². The molecule has 0 saturated heterocycles. The van der Waals surface area contributed by atoms with Gasteiger partial charge in [-0.25, -0.2) is 4.79 Å². The first-order valence-corrected chi connectivity index (χ1v) is 5.51. The lowest BCUT2D eigenvalue weighted by atomic mass is 10.2. The Balaban J connectivity index is 2.57. The largest absolute Gasteiger partial charge is 0.506 e. The molecule has 0 spiro atoms. The average molecular weight is 244 g/mol. The minimum absolute atomic E-state index is 0.197. The number of fused-ring (bicyclic) bond motifs is 3. The van der Waals surface area contributed by atoms with Crippen molar-refractivity contribution in [3.05, 3.63) is 30.0 Å². The van der Waals surface area contributed by atoms with E-state index >= 15 is 0 Å². The number of phenols is 1. The second-order valence-corrected chi connectivity index (χ2v) is 4.36. The molecule has 0 unspecified atom stereocenters. The van der Waals surface area contributed by atoms with Crippen molar-refractivity contribution in [2.75, 3.05) is 0 Å². The van der Waals surface area contributed by atoms with E-state index < -0.39 is 5.97 Å². The van der Waals surface area contributed by atoms with E-state index in [9.17, 15) is 9.90 Å². The van der Waals surface area contributed by atoms with Crippen LogP contribution < -0.4 is 0 Å². The van der Waals surface area contributed by atoms with Crippen LogP contribution in [0, 0.1) is 0 Å². The number of nitrogens with zero attached hydrogens (tertiary/aromatic N) is 2. The number of hydrogen-bond acceptors (Lipinski definition) is 2. The predicted octanol–water partition coefficient (Wildman–Crippen LogP) is 2.07. The van der Waals surface area contributed by atoms with E-state index in [0.29, 0.717) is 0 Å². The lowest BCUT2D eigenvalue weighted by Gasteiger charge is -2.04. The normalized spacial score (nSPS) is 11.4. The van der Waals surface area contributed by atoms with Crippen LogP contribution in [0.1, 0.15) is 10.5 Å². The summed E-state index contributed by atoms with van der Waals surface area (Å²) < 4.78 is 3.43. The molecule has 3 aromatic rings. The molecule has 0 aliphatic heterocycles. The highest BCUT2D eigenvalue weighted by molar-refractivity contribution is 6.11. The molecule has 0 aliphatic rings. The van der Waals surface area contributed by atoms with Crippen LogP contribution in [0.2, 0.25) is 0 Å². The summed E-state index contributed by atoms with van der Waals surface area (Å²) in [6.45, 7) is 0. The highest BCUT2D eigenvalue weighted by Gasteiger charge is 2.19. The summed E-state index contributed by atoms with van der Waals surface area (Å²) in [5, 5.41) is 20.7. The summed E-state index contributed by atoms with van der Waals surface area (Å²) in [5.41, 5.74) is 1.74. The molecule has 0 bridgehead atoms. The summed E-state index contributed by atoms with van der Waals surface area (Å²) in [7, 11) is 3.53. The Morgan fingerprint density at radius 3 is 2.56 bits per heavy atom. The van der Waals surface area contributed by atoms with Crippen molar-refractivity contribution in [3.63, 3.8) is 0 Å².